The number of benzene rings is 4. The normalized spacial score (nSPS) is 11.0. The number of carbonyl (C=O) groups is 1. The number of nitrogens with one attached hydrogen (secondary N) is 1. The van der Waals surface area contributed by atoms with E-state index in [2.05, 4.69) is 26.5 Å². The van der Waals surface area contributed by atoms with Gasteiger partial charge in [-0.3, -0.25) is 4.79 Å². The molecule has 1 N–H and O–H groups in total. The van der Waals surface area contributed by atoms with Crippen LogP contribution in [0.4, 0.5) is 4.39 Å². The predicted molar refractivity (Wildman–Crippen MR) is 137 cm³/mol. The maximum Gasteiger partial charge on any atom is 0.275 e. The van der Waals surface area contributed by atoms with Gasteiger partial charge in [0.15, 0.2) is 11.5 Å². The molecule has 0 radical (unpaired) electrons. The van der Waals surface area contributed by atoms with E-state index in [0.717, 1.165) is 10.8 Å². The van der Waals surface area contributed by atoms with E-state index < -0.39 is 5.91 Å². The molecule has 0 saturated carbocycles. The van der Waals surface area contributed by atoms with Gasteiger partial charge in [0, 0.05) is 10.0 Å². The zero-order valence-electron chi connectivity index (χ0n) is 19.0. The van der Waals surface area contributed by atoms with Gasteiger partial charge in [-0.25, -0.2) is 9.82 Å². The lowest BCUT2D eigenvalue weighted by atomic mass is 10.1. The number of rotatable bonds is 8. The first-order chi connectivity index (χ1) is 17.0. The molecule has 0 unspecified atom stereocenters. The van der Waals surface area contributed by atoms with E-state index in [1.807, 2.05) is 30.3 Å². The second-order valence-corrected chi connectivity index (χ2v) is 8.40. The van der Waals surface area contributed by atoms with Crippen LogP contribution in [0.2, 0.25) is 0 Å². The van der Waals surface area contributed by atoms with Crippen LogP contribution in [0.15, 0.2) is 82.4 Å². The maximum atomic E-state index is 13.4. The van der Waals surface area contributed by atoms with Crippen molar-refractivity contribution in [2.75, 3.05) is 14.2 Å². The van der Waals surface area contributed by atoms with E-state index in [-0.39, 0.29) is 12.4 Å². The minimum atomic E-state index is -0.401. The van der Waals surface area contributed by atoms with Gasteiger partial charge in [-0.2, -0.15) is 5.10 Å². The number of hydrogen-bond acceptors (Lipinski definition) is 5. The van der Waals surface area contributed by atoms with Gasteiger partial charge >= 0.3 is 0 Å². The number of carbonyl (C=O) groups excluding carboxylic acids is 1. The van der Waals surface area contributed by atoms with Crippen molar-refractivity contribution in [1.82, 2.24) is 5.43 Å². The first-order valence-electron chi connectivity index (χ1n) is 10.6. The van der Waals surface area contributed by atoms with Gasteiger partial charge in [0.05, 0.1) is 26.0 Å². The van der Waals surface area contributed by atoms with E-state index in [1.165, 1.54) is 32.6 Å². The molecule has 1 amide bonds. The Morgan fingerprint density at radius 1 is 0.943 bits per heavy atom. The highest BCUT2D eigenvalue weighted by Gasteiger charge is 2.14. The van der Waals surface area contributed by atoms with Crippen LogP contribution in [0, 0.1) is 5.82 Å². The summed E-state index contributed by atoms with van der Waals surface area (Å²) in [6.07, 6.45) is 1.49. The molecule has 178 valence electrons. The number of amides is 1. The fourth-order valence-electron chi connectivity index (χ4n) is 3.50. The average molecular weight is 537 g/mol. The molecular formula is C27H22BrFN2O4. The van der Waals surface area contributed by atoms with E-state index in [4.69, 9.17) is 14.2 Å². The maximum absolute atomic E-state index is 13.4. The third-order valence-electron chi connectivity index (χ3n) is 5.25. The predicted octanol–water partition coefficient (Wildman–Crippen LogP) is 6.10. The highest BCUT2D eigenvalue weighted by atomic mass is 79.9. The summed E-state index contributed by atoms with van der Waals surface area (Å²) in [5, 5.41) is 5.99. The summed E-state index contributed by atoms with van der Waals surface area (Å²) >= 11 is 3.49. The number of fused-ring (bicyclic) bond motifs is 1. The molecule has 6 nitrogen and oxygen atoms in total. The molecule has 4 aromatic rings. The number of halogens is 2. The second kappa shape index (κ2) is 11.0. The minimum absolute atomic E-state index is 0.178. The first kappa shape index (κ1) is 24.2. The number of methoxy groups -OCH3 is 2. The summed E-state index contributed by atoms with van der Waals surface area (Å²) in [6.45, 7) is 0.178. The Morgan fingerprint density at radius 2 is 1.69 bits per heavy atom. The van der Waals surface area contributed by atoms with Gasteiger partial charge in [0.2, 0.25) is 0 Å². The van der Waals surface area contributed by atoms with Crippen molar-refractivity contribution in [1.29, 1.82) is 0 Å². The zero-order valence-corrected chi connectivity index (χ0v) is 20.6. The van der Waals surface area contributed by atoms with Crippen LogP contribution in [-0.2, 0) is 6.61 Å². The summed E-state index contributed by atoms with van der Waals surface area (Å²) in [4.78, 5) is 12.8. The lowest BCUT2D eigenvalue weighted by molar-refractivity contribution is 0.0952. The molecule has 0 fully saturated rings. The van der Waals surface area contributed by atoms with E-state index in [0.29, 0.717) is 38.4 Å². The van der Waals surface area contributed by atoms with Crippen LogP contribution in [0.5, 0.6) is 17.2 Å². The molecule has 35 heavy (non-hydrogen) atoms. The lowest BCUT2D eigenvalue weighted by Gasteiger charge is -2.13. The molecule has 0 heterocycles. The largest absolute Gasteiger partial charge is 0.496 e. The topological polar surface area (TPSA) is 69.2 Å². The van der Waals surface area contributed by atoms with Crippen molar-refractivity contribution >= 4 is 38.8 Å². The van der Waals surface area contributed by atoms with Gasteiger partial charge in [-0.15, -0.1) is 0 Å². The highest BCUT2D eigenvalue weighted by molar-refractivity contribution is 9.10. The van der Waals surface area contributed by atoms with Crippen LogP contribution in [0.25, 0.3) is 10.8 Å². The summed E-state index contributed by atoms with van der Waals surface area (Å²) in [7, 11) is 3.04. The molecule has 0 atom stereocenters. The molecule has 0 aliphatic rings. The standard InChI is InChI=1S/C27H22BrFN2O4/c1-33-24-12-19-8-4-3-7-18(19)11-22(24)27(32)31-30-15-20-13-25(34-2)26(14-23(20)28)35-16-17-6-5-9-21(29)10-17/h3-15H,16H2,1-2H3,(H,31,32)/b30-15-. The quantitative estimate of drug-likeness (QED) is 0.218. The third kappa shape index (κ3) is 5.78. The fourth-order valence-corrected chi connectivity index (χ4v) is 3.92. The Kier molecular flexibility index (Phi) is 7.62. The number of nitrogens with zero attached hydrogens (tertiary/aromatic N) is 1. The van der Waals surface area contributed by atoms with E-state index in [1.54, 1.807) is 30.3 Å². The van der Waals surface area contributed by atoms with Crippen LogP contribution in [0.1, 0.15) is 21.5 Å². The van der Waals surface area contributed by atoms with Crippen molar-refractivity contribution < 1.29 is 23.4 Å². The number of hydrazone groups is 1. The van der Waals surface area contributed by atoms with Crippen LogP contribution < -0.4 is 19.6 Å². The van der Waals surface area contributed by atoms with Crippen molar-refractivity contribution in [2.45, 2.75) is 6.61 Å². The van der Waals surface area contributed by atoms with Crippen LogP contribution in [-0.4, -0.2) is 26.3 Å². The molecule has 4 aromatic carbocycles. The zero-order chi connectivity index (χ0) is 24.8. The molecule has 0 aliphatic carbocycles. The summed E-state index contributed by atoms with van der Waals surface area (Å²) in [5.41, 5.74) is 4.27. The summed E-state index contributed by atoms with van der Waals surface area (Å²) in [5.74, 6) is 0.675. The van der Waals surface area contributed by atoms with Gasteiger partial charge in [-0.1, -0.05) is 36.4 Å². The van der Waals surface area contributed by atoms with Gasteiger partial charge in [-0.05, 0) is 68.7 Å². The fraction of sp³-hybridized carbons (Fsp3) is 0.111. The van der Waals surface area contributed by atoms with Crippen molar-refractivity contribution in [3.8, 4) is 17.2 Å². The number of hydrogen-bond donors (Lipinski definition) is 1. The van der Waals surface area contributed by atoms with Crippen molar-refractivity contribution in [3.63, 3.8) is 0 Å². The molecule has 4 rings (SSSR count). The van der Waals surface area contributed by atoms with E-state index in [9.17, 15) is 9.18 Å². The molecule has 0 aliphatic heterocycles. The molecule has 0 saturated heterocycles. The second-order valence-electron chi connectivity index (χ2n) is 7.54. The summed E-state index contributed by atoms with van der Waals surface area (Å²) in [6, 6.07) is 20.9. The Bertz CT molecular complexity index is 1410. The summed E-state index contributed by atoms with van der Waals surface area (Å²) < 4.78 is 30.7. The van der Waals surface area contributed by atoms with E-state index >= 15 is 0 Å². The third-order valence-corrected chi connectivity index (χ3v) is 5.94. The number of ether oxygens (including phenoxy) is 3. The van der Waals surface area contributed by atoms with Crippen molar-refractivity contribution in [2.24, 2.45) is 5.10 Å². The highest BCUT2D eigenvalue weighted by Crippen LogP contribution is 2.33. The molecular weight excluding hydrogens is 515 g/mol. The Balaban J connectivity index is 1.49. The molecule has 0 spiro atoms. The molecule has 0 bridgehead atoms. The Labute approximate surface area is 210 Å². The van der Waals surface area contributed by atoms with Gasteiger partial charge in [0.1, 0.15) is 18.2 Å². The molecule has 0 aromatic heterocycles. The Hall–Kier alpha value is -3.91. The lowest BCUT2D eigenvalue weighted by Crippen LogP contribution is -2.18. The van der Waals surface area contributed by atoms with Crippen LogP contribution in [0.3, 0.4) is 0 Å². The smallest absolute Gasteiger partial charge is 0.275 e. The van der Waals surface area contributed by atoms with Crippen molar-refractivity contribution in [3.05, 3.63) is 99.8 Å². The average Bonchev–Trinajstić information content (AvgIpc) is 2.87. The first-order valence-corrected chi connectivity index (χ1v) is 11.4. The SMILES string of the molecule is COc1cc(/C=N\NC(=O)c2cc3ccccc3cc2OC)c(Br)cc1OCc1cccc(F)c1. The van der Waals surface area contributed by atoms with Gasteiger partial charge < -0.3 is 14.2 Å². The minimum Gasteiger partial charge on any atom is -0.496 e. The Morgan fingerprint density at radius 3 is 2.40 bits per heavy atom. The monoisotopic (exact) mass is 536 g/mol. The van der Waals surface area contributed by atoms with Gasteiger partial charge in [0.25, 0.3) is 5.91 Å². The molecule has 8 heteroatoms. The van der Waals surface area contributed by atoms with Crippen LogP contribution >= 0.6 is 15.9 Å².